The number of carbonyl (C=O) groups excluding carboxylic acids is 1. The molecule has 2 heterocycles. The van der Waals surface area contributed by atoms with Gasteiger partial charge >= 0.3 is 0 Å². The molecular weight excluding hydrogens is 388 g/mol. The van der Waals surface area contributed by atoms with Crippen LogP contribution in [0.15, 0.2) is 42.5 Å². The van der Waals surface area contributed by atoms with E-state index in [9.17, 15) is 4.79 Å². The van der Waals surface area contributed by atoms with E-state index in [0.717, 1.165) is 54.4 Å². The first-order valence-electron chi connectivity index (χ1n) is 11.9. The van der Waals surface area contributed by atoms with Crippen molar-refractivity contribution in [3.05, 3.63) is 53.6 Å². The number of rotatable bonds is 5. The van der Waals surface area contributed by atoms with Crippen LogP contribution in [-0.4, -0.2) is 25.1 Å². The summed E-state index contributed by atoms with van der Waals surface area (Å²) in [5.74, 6) is 3.09. The molecule has 1 saturated carbocycles. The minimum atomic E-state index is -0.217. The van der Waals surface area contributed by atoms with Crippen molar-refractivity contribution in [1.29, 1.82) is 0 Å². The molecule has 0 aromatic heterocycles. The van der Waals surface area contributed by atoms with E-state index in [1.807, 2.05) is 42.5 Å². The van der Waals surface area contributed by atoms with E-state index in [4.69, 9.17) is 9.47 Å². The number of amides is 1. The molecule has 5 rings (SSSR count). The predicted molar refractivity (Wildman–Crippen MR) is 121 cm³/mol. The maximum absolute atomic E-state index is 12.9. The van der Waals surface area contributed by atoms with Gasteiger partial charge in [0.15, 0.2) is 0 Å². The smallest absolute Gasteiger partial charge is 0.237 e. The van der Waals surface area contributed by atoms with E-state index in [1.54, 1.807) is 0 Å². The van der Waals surface area contributed by atoms with Crippen molar-refractivity contribution in [2.24, 2.45) is 5.92 Å². The fourth-order valence-corrected chi connectivity index (χ4v) is 5.08. The van der Waals surface area contributed by atoms with Crippen LogP contribution < -0.4 is 20.1 Å². The normalized spacial score (nSPS) is 23.2. The maximum Gasteiger partial charge on any atom is 0.237 e. The molecule has 3 aliphatic rings. The quantitative estimate of drug-likeness (QED) is 0.661. The van der Waals surface area contributed by atoms with Gasteiger partial charge in [0.25, 0.3) is 0 Å². The molecule has 2 aliphatic heterocycles. The molecule has 1 saturated heterocycles. The highest BCUT2D eigenvalue weighted by Crippen LogP contribution is 2.44. The summed E-state index contributed by atoms with van der Waals surface area (Å²) in [5, 5.41) is 6.55. The monoisotopic (exact) mass is 420 g/mol. The van der Waals surface area contributed by atoms with Crippen molar-refractivity contribution in [2.75, 3.05) is 13.2 Å². The van der Waals surface area contributed by atoms with Crippen molar-refractivity contribution in [1.82, 2.24) is 10.6 Å². The van der Waals surface area contributed by atoms with Crippen molar-refractivity contribution in [2.45, 2.75) is 63.5 Å². The summed E-state index contributed by atoms with van der Waals surface area (Å²) in [4.78, 5) is 12.9. The second kappa shape index (κ2) is 9.31. The van der Waals surface area contributed by atoms with Gasteiger partial charge in [-0.05, 0) is 56.3 Å². The molecule has 5 heteroatoms. The lowest BCUT2D eigenvalue weighted by molar-refractivity contribution is -0.123. The Balaban J connectivity index is 1.35. The lowest BCUT2D eigenvalue weighted by atomic mass is 9.94. The summed E-state index contributed by atoms with van der Waals surface area (Å²) >= 11 is 0. The van der Waals surface area contributed by atoms with Gasteiger partial charge in [0, 0.05) is 17.2 Å². The maximum atomic E-state index is 12.9. The van der Waals surface area contributed by atoms with Gasteiger partial charge in [-0.1, -0.05) is 43.9 Å². The van der Waals surface area contributed by atoms with Crippen molar-refractivity contribution < 1.29 is 14.3 Å². The second-order valence-corrected chi connectivity index (χ2v) is 9.10. The summed E-state index contributed by atoms with van der Waals surface area (Å²) in [6.45, 7) is 1.67. The van der Waals surface area contributed by atoms with Crippen molar-refractivity contribution >= 4 is 5.91 Å². The zero-order valence-electron chi connectivity index (χ0n) is 18.1. The summed E-state index contributed by atoms with van der Waals surface area (Å²) < 4.78 is 12.4. The molecule has 2 atom stereocenters. The molecule has 164 valence electrons. The average Bonchev–Trinajstić information content (AvgIpc) is 3.21. The van der Waals surface area contributed by atoms with Crippen LogP contribution >= 0.6 is 0 Å². The van der Waals surface area contributed by atoms with E-state index in [1.165, 1.54) is 38.5 Å². The van der Waals surface area contributed by atoms with Crippen molar-refractivity contribution in [3.8, 4) is 17.2 Å². The first-order chi connectivity index (χ1) is 15.3. The minimum Gasteiger partial charge on any atom is -0.493 e. The summed E-state index contributed by atoms with van der Waals surface area (Å²) in [7, 11) is 0. The molecular formula is C26H32N2O3. The number of nitrogens with one attached hydrogen (secondary N) is 2. The third-order valence-electron chi connectivity index (χ3n) is 6.87. The number of fused-ring (bicyclic) bond motifs is 2. The standard InChI is InChI=1S/C26H32N2O3/c29-26(22-11-7-15-27-22)28-25-20-10-5-6-12-23(20)31-24-16-19(13-14-21(24)25)30-17-18-8-3-1-2-4-9-18/h5-6,10,12-14,16,18,22,25,27H,1-4,7-9,11,15,17H2,(H,28,29). The number of hydrogen-bond donors (Lipinski definition) is 2. The van der Waals surface area contributed by atoms with Gasteiger partial charge in [-0.15, -0.1) is 0 Å². The Labute approximate surface area is 184 Å². The molecule has 5 nitrogen and oxygen atoms in total. The van der Waals surface area contributed by atoms with Gasteiger partial charge in [-0.3, -0.25) is 4.79 Å². The van der Waals surface area contributed by atoms with Gasteiger partial charge in [0.05, 0.1) is 18.7 Å². The van der Waals surface area contributed by atoms with Crippen LogP contribution in [0.4, 0.5) is 0 Å². The van der Waals surface area contributed by atoms with E-state index < -0.39 is 0 Å². The number of para-hydroxylation sites is 1. The molecule has 2 aromatic rings. The number of benzene rings is 2. The van der Waals surface area contributed by atoms with Gasteiger partial charge < -0.3 is 20.1 Å². The van der Waals surface area contributed by atoms with Crippen LogP contribution in [0.5, 0.6) is 17.2 Å². The zero-order valence-corrected chi connectivity index (χ0v) is 18.1. The molecule has 2 N–H and O–H groups in total. The molecule has 2 fully saturated rings. The summed E-state index contributed by atoms with van der Waals surface area (Å²) in [5.41, 5.74) is 1.97. The fourth-order valence-electron chi connectivity index (χ4n) is 5.08. The third kappa shape index (κ3) is 4.57. The summed E-state index contributed by atoms with van der Waals surface area (Å²) in [6, 6.07) is 13.7. The first kappa shape index (κ1) is 20.4. The lowest BCUT2D eigenvalue weighted by Gasteiger charge is -2.30. The number of hydrogen-bond acceptors (Lipinski definition) is 4. The molecule has 0 radical (unpaired) electrons. The highest BCUT2D eigenvalue weighted by Gasteiger charge is 2.31. The second-order valence-electron chi connectivity index (χ2n) is 9.10. The Bertz CT molecular complexity index is 915. The highest BCUT2D eigenvalue weighted by atomic mass is 16.5. The average molecular weight is 421 g/mol. The first-order valence-corrected chi connectivity index (χ1v) is 11.9. The number of ether oxygens (including phenoxy) is 2. The van der Waals surface area contributed by atoms with E-state index in [-0.39, 0.29) is 18.0 Å². The molecule has 2 aromatic carbocycles. The fraction of sp³-hybridized carbons (Fsp3) is 0.500. The Morgan fingerprint density at radius 1 is 0.968 bits per heavy atom. The molecule has 2 unspecified atom stereocenters. The van der Waals surface area contributed by atoms with Gasteiger partial charge in [0.1, 0.15) is 17.2 Å². The third-order valence-corrected chi connectivity index (χ3v) is 6.87. The molecule has 1 amide bonds. The predicted octanol–water partition coefficient (Wildman–Crippen LogP) is 5.10. The van der Waals surface area contributed by atoms with E-state index >= 15 is 0 Å². The Hall–Kier alpha value is -2.53. The molecule has 0 bridgehead atoms. The van der Waals surface area contributed by atoms with Crippen LogP contribution in [0.3, 0.4) is 0 Å². The van der Waals surface area contributed by atoms with Crippen LogP contribution in [0, 0.1) is 5.92 Å². The van der Waals surface area contributed by atoms with Crippen LogP contribution in [-0.2, 0) is 4.79 Å². The largest absolute Gasteiger partial charge is 0.493 e. The van der Waals surface area contributed by atoms with Gasteiger partial charge in [-0.25, -0.2) is 0 Å². The molecule has 1 aliphatic carbocycles. The SMILES string of the molecule is O=C(NC1c2ccccc2Oc2cc(OCC3CCCCCC3)ccc21)C1CCCN1. The highest BCUT2D eigenvalue weighted by molar-refractivity contribution is 5.83. The van der Waals surface area contributed by atoms with Crippen LogP contribution in [0.1, 0.15) is 68.5 Å². The van der Waals surface area contributed by atoms with Crippen molar-refractivity contribution in [3.63, 3.8) is 0 Å². The Morgan fingerprint density at radius 3 is 2.58 bits per heavy atom. The van der Waals surface area contributed by atoms with E-state index in [0.29, 0.717) is 5.92 Å². The van der Waals surface area contributed by atoms with Gasteiger partial charge in [-0.2, -0.15) is 0 Å². The lowest BCUT2D eigenvalue weighted by Crippen LogP contribution is -2.42. The summed E-state index contributed by atoms with van der Waals surface area (Å²) in [6.07, 6.45) is 9.79. The van der Waals surface area contributed by atoms with Crippen LogP contribution in [0.2, 0.25) is 0 Å². The van der Waals surface area contributed by atoms with Gasteiger partial charge in [0.2, 0.25) is 5.91 Å². The zero-order chi connectivity index (χ0) is 21.0. The Kier molecular flexibility index (Phi) is 6.12. The molecule has 31 heavy (non-hydrogen) atoms. The van der Waals surface area contributed by atoms with E-state index in [2.05, 4.69) is 10.6 Å². The topological polar surface area (TPSA) is 59.6 Å². The number of carbonyl (C=O) groups is 1. The molecule has 0 spiro atoms. The Morgan fingerprint density at radius 2 is 1.77 bits per heavy atom. The minimum absolute atomic E-state index is 0.0545. The van der Waals surface area contributed by atoms with Crippen LogP contribution in [0.25, 0.3) is 0 Å².